The minimum absolute atomic E-state index is 0.0255. The zero-order valence-electron chi connectivity index (χ0n) is 17.2. The lowest BCUT2D eigenvalue weighted by Gasteiger charge is -2.17. The van der Waals surface area contributed by atoms with Crippen LogP contribution in [0.4, 0.5) is 14.5 Å². The normalized spacial score (nSPS) is 15.8. The lowest BCUT2D eigenvalue weighted by Crippen LogP contribution is -2.44. The highest BCUT2D eigenvalue weighted by Crippen LogP contribution is 2.26. The molecule has 0 saturated carbocycles. The third-order valence-electron chi connectivity index (χ3n) is 4.48. The Morgan fingerprint density at radius 1 is 1.33 bits per heavy atom. The quantitative estimate of drug-likeness (QED) is 0.270. The van der Waals surface area contributed by atoms with Crippen LogP contribution >= 0.6 is 23.2 Å². The van der Waals surface area contributed by atoms with E-state index in [1.165, 1.54) is 23.2 Å². The van der Waals surface area contributed by atoms with Gasteiger partial charge in [0, 0.05) is 18.1 Å². The zero-order chi connectivity index (χ0) is 24.0. The average Bonchev–Trinajstić information content (AvgIpc) is 3.18. The first-order valence-electron chi connectivity index (χ1n) is 9.70. The highest BCUT2D eigenvalue weighted by molar-refractivity contribution is 6.42. The number of nitrogens with one attached hydrogen (secondary N) is 2. The second-order valence-electron chi connectivity index (χ2n) is 6.72. The van der Waals surface area contributed by atoms with Crippen molar-refractivity contribution in [3.8, 4) is 11.9 Å². The number of benzene rings is 2. The molecule has 1 unspecified atom stereocenters. The van der Waals surface area contributed by atoms with Gasteiger partial charge in [-0.15, -0.1) is 0 Å². The molecule has 33 heavy (non-hydrogen) atoms. The van der Waals surface area contributed by atoms with Gasteiger partial charge in [0.15, 0.2) is 6.19 Å². The van der Waals surface area contributed by atoms with E-state index in [-0.39, 0.29) is 36.3 Å². The van der Waals surface area contributed by atoms with Crippen molar-refractivity contribution in [2.24, 2.45) is 10.1 Å². The Hall–Kier alpha value is -3.42. The number of carbonyl (C=O) groups is 1. The highest BCUT2D eigenvalue weighted by atomic mass is 35.5. The van der Waals surface area contributed by atoms with E-state index in [2.05, 4.69) is 25.5 Å². The number of aliphatic imine (C=N–C) groups is 1. The molecular weight excluding hydrogens is 477 g/mol. The summed E-state index contributed by atoms with van der Waals surface area (Å²) < 4.78 is 29.4. The molecule has 1 aliphatic heterocycles. The Morgan fingerprint density at radius 3 is 2.79 bits per heavy atom. The van der Waals surface area contributed by atoms with Crippen molar-refractivity contribution >= 4 is 46.5 Å². The Bertz CT molecular complexity index is 1140. The molecule has 3 rings (SSSR count). The smallest absolute Gasteiger partial charge is 0.387 e. The summed E-state index contributed by atoms with van der Waals surface area (Å²) in [6.07, 6.45) is 2.04. The summed E-state index contributed by atoms with van der Waals surface area (Å²) in [5.41, 5.74) is 1.35. The summed E-state index contributed by atoms with van der Waals surface area (Å²) in [6, 6.07) is 10.1. The minimum atomic E-state index is -2.99. The van der Waals surface area contributed by atoms with Gasteiger partial charge in [-0.25, -0.2) is 10.0 Å². The predicted molar refractivity (Wildman–Crippen MR) is 121 cm³/mol. The fourth-order valence-electron chi connectivity index (χ4n) is 3.01. The SMILES string of the molecule is CCC(=O)NC1CN(C(=Nc2cccc(OC(F)F)c2)NC#N)N=C1c1ccc(Cl)c(Cl)c1. The number of hydrogen-bond donors (Lipinski definition) is 2. The molecular formula is C21H18Cl2F2N6O2. The van der Waals surface area contributed by atoms with Gasteiger partial charge >= 0.3 is 6.61 Å². The van der Waals surface area contributed by atoms with Crippen LogP contribution in [0, 0.1) is 11.5 Å². The third-order valence-corrected chi connectivity index (χ3v) is 5.21. The summed E-state index contributed by atoms with van der Waals surface area (Å²) in [7, 11) is 0. The number of amides is 1. The molecule has 8 nitrogen and oxygen atoms in total. The largest absolute Gasteiger partial charge is 0.435 e. The van der Waals surface area contributed by atoms with Crippen molar-refractivity contribution in [3.63, 3.8) is 0 Å². The van der Waals surface area contributed by atoms with Crippen molar-refractivity contribution in [3.05, 3.63) is 58.1 Å². The maximum atomic E-state index is 12.5. The number of carbonyl (C=O) groups excluding carboxylic acids is 1. The monoisotopic (exact) mass is 494 g/mol. The average molecular weight is 495 g/mol. The minimum Gasteiger partial charge on any atom is -0.435 e. The number of rotatable bonds is 6. The molecule has 1 atom stereocenters. The number of halogens is 4. The van der Waals surface area contributed by atoms with E-state index in [1.54, 1.807) is 37.4 Å². The Labute approximate surface area is 198 Å². The molecule has 0 bridgehead atoms. The van der Waals surface area contributed by atoms with Crippen molar-refractivity contribution in [1.29, 1.82) is 5.26 Å². The van der Waals surface area contributed by atoms with Crippen LogP contribution in [0.1, 0.15) is 18.9 Å². The van der Waals surface area contributed by atoms with Crippen molar-refractivity contribution in [1.82, 2.24) is 15.6 Å². The molecule has 12 heteroatoms. The maximum absolute atomic E-state index is 12.5. The van der Waals surface area contributed by atoms with E-state index in [0.717, 1.165) is 0 Å². The van der Waals surface area contributed by atoms with E-state index in [4.69, 9.17) is 23.2 Å². The number of hydrogen-bond acceptors (Lipinski definition) is 5. The van der Waals surface area contributed by atoms with E-state index in [1.807, 2.05) is 0 Å². The molecule has 172 valence electrons. The van der Waals surface area contributed by atoms with Crippen LogP contribution in [-0.4, -0.2) is 41.8 Å². The van der Waals surface area contributed by atoms with E-state index in [0.29, 0.717) is 21.3 Å². The molecule has 0 aliphatic carbocycles. The number of ether oxygens (including phenoxy) is 1. The van der Waals surface area contributed by atoms with Crippen molar-refractivity contribution in [2.75, 3.05) is 6.54 Å². The van der Waals surface area contributed by atoms with Gasteiger partial charge in [0.25, 0.3) is 0 Å². The Morgan fingerprint density at radius 2 is 2.12 bits per heavy atom. The van der Waals surface area contributed by atoms with E-state index < -0.39 is 12.7 Å². The van der Waals surface area contributed by atoms with Crippen LogP contribution in [0.15, 0.2) is 52.6 Å². The van der Waals surface area contributed by atoms with Crippen LogP contribution in [0.5, 0.6) is 5.75 Å². The molecule has 2 aromatic carbocycles. The lowest BCUT2D eigenvalue weighted by molar-refractivity contribution is -0.121. The molecule has 0 radical (unpaired) electrons. The first-order valence-corrected chi connectivity index (χ1v) is 10.5. The summed E-state index contributed by atoms with van der Waals surface area (Å²) in [5, 5.41) is 21.1. The van der Waals surface area contributed by atoms with Crippen LogP contribution in [-0.2, 0) is 4.79 Å². The van der Waals surface area contributed by atoms with Crippen molar-refractivity contribution in [2.45, 2.75) is 26.0 Å². The van der Waals surface area contributed by atoms with Crippen LogP contribution in [0.25, 0.3) is 0 Å². The van der Waals surface area contributed by atoms with Gasteiger partial charge in [-0.1, -0.05) is 42.3 Å². The first kappa shape index (κ1) is 24.2. The first-order chi connectivity index (χ1) is 15.8. The molecule has 2 N–H and O–H groups in total. The van der Waals surface area contributed by atoms with Crippen molar-refractivity contribution < 1.29 is 18.3 Å². The number of guanidine groups is 1. The zero-order valence-corrected chi connectivity index (χ0v) is 18.7. The van der Waals surface area contributed by atoms with Gasteiger partial charge in [0.2, 0.25) is 11.9 Å². The number of alkyl halides is 2. The molecule has 2 aromatic rings. The summed E-state index contributed by atoms with van der Waals surface area (Å²) in [5.74, 6) is -0.257. The lowest BCUT2D eigenvalue weighted by atomic mass is 10.0. The van der Waals surface area contributed by atoms with Gasteiger partial charge in [-0.3, -0.25) is 10.1 Å². The number of hydrazone groups is 1. The van der Waals surface area contributed by atoms with Gasteiger partial charge in [-0.2, -0.15) is 19.1 Å². The van der Waals surface area contributed by atoms with Crippen LogP contribution in [0.3, 0.4) is 0 Å². The van der Waals surface area contributed by atoms with Gasteiger partial charge in [-0.05, 0) is 24.3 Å². The summed E-state index contributed by atoms with van der Waals surface area (Å²) >= 11 is 12.2. The molecule has 1 aliphatic rings. The molecule has 1 amide bonds. The van der Waals surface area contributed by atoms with Crippen LogP contribution in [0.2, 0.25) is 10.0 Å². The molecule has 0 aromatic heterocycles. The molecule has 0 saturated heterocycles. The number of nitriles is 1. The second-order valence-corrected chi connectivity index (χ2v) is 7.53. The standard InChI is InChI=1S/C21H18Cl2F2N6O2/c1-2-18(32)29-17-10-31(30-19(17)12-6-7-15(22)16(23)8-12)21(27-11-26)28-13-4-3-5-14(9-13)33-20(24)25/h3-9,17,20H,2,10H2,1H3,(H,27,28)(H,29,32). The molecule has 0 spiro atoms. The Balaban J connectivity index is 1.98. The predicted octanol–water partition coefficient (Wildman–Crippen LogP) is 4.27. The van der Waals surface area contributed by atoms with Gasteiger partial charge in [0.05, 0.1) is 34.0 Å². The fraction of sp³-hybridized carbons (Fsp3) is 0.238. The van der Waals surface area contributed by atoms with E-state index >= 15 is 0 Å². The molecule has 0 fully saturated rings. The number of nitrogens with zero attached hydrogens (tertiary/aromatic N) is 4. The van der Waals surface area contributed by atoms with E-state index in [9.17, 15) is 18.8 Å². The fourth-order valence-corrected chi connectivity index (χ4v) is 3.31. The second kappa shape index (κ2) is 10.9. The summed E-state index contributed by atoms with van der Waals surface area (Å²) in [4.78, 5) is 16.4. The molecule has 1 heterocycles. The van der Waals surface area contributed by atoms with Gasteiger partial charge < -0.3 is 10.1 Å². The maximum Gasteiger partial charge on any atom is 0.387 e. The summed E-state index contributed by atoms with van der Waals surface area (Å²) in [6.45, 7) is -1.11. The van der Waals surface area contributed by atoms with Gasteiger partial charge in [0.1, 0.15) is 5.75 Å². The third kappa shape index (κ3) is 6.31. The highest BCUT2D eigenvalue weighted by Gasteiger charge is 2.31. The van der Waals surface area contributed by atoms with Crippen LogP contribution < -0.4 is 15.4 Å². The topological polar surface area (TPSA) is 102 Å². The Kier molecular flexibility index (Phi) is 8.03.